The average Bonchev–Trinajstić information content (AvgIpc) is 3.50. The Morgan fingerprint density at radius 1 is 1.12 bits per heavy atom. The summed E-state index contributed by atoms with van der Waals surface area (Å²) in [5.41, 5.74) is 2.95. The molecule has 4 rings (SSSR count). The molecule has 0 spiro atoms. The number of benzene rings is 2. The number of nitriles is 1. The molecule has 0 aliphatic carbocycles. The quantitative estimate of drug-likeness (QED) is 0.542. The predicted octanol–water partition coefficient (Wildman–Crippen LogP) is 3.45. The molecule has 1 aliphatic rings. The van der Waals surface area contributed by atoms with Crippen LogP contribution in [0.2, 0.25) is 0 Å². The first kappa shape index (κ1) is 22.4. The number of nitrogens with zero attached hydrogens (tertiary/aromatic N) is 4. The first-order valence-corrected chi connectivity index (χ1v) is 11.0. The molecule has 0 atom stereocenters. The van der Waals surface area contributed by atoms with Gasteiger partial charge >= 0.3 is 0 Å². The van der Waals surface area contributed by atoms with Crippen LogP contribution in [0.15, 0.2) is 54.7 Å². The molecule has 3 aromatic rings. The summed E-state index contributed by atoms with van der Waals surface area (Å²) in [5, 5.41) is 16.0. The Kier molecular flexibility index (Phi) is 7.22. The summed E-state index contributed by atoms with van der Waals surface area (Å²) in [6.45, 7) is 3.63. The zero-order chi connectivity index (χ0) is 23.0. The third-order valence-corrected chi connectivity index (χ3v) is 5.58. The minimum absolute atomic E-state index is 0.138. The van der Waals surface area contributed by atoms with E-state index in [2.05, 4.69) is 21.4 Å². The van der Waals surface area contributed by atoms with E-state index in [1.165, 1.54) is 12.8 Å². The van der Waals surface area contributed by atoms with Crippen LogP contribution < -0.4 is 14.8 Å². The molecule has 33 heavy (non-hydrogen) atoms. The molecule has 0 radical (unpaired) electrons. The topological polar surface area (TPSA) is 92.4 Å². The van der Waals surface area contributed by atoms with Gasteiger partial charge < -0.3 is 14.8 Å². The fourth-order valence-electron chi connectivity index (χ4n) is 3.83. The van der Waals surface area contributed by atoms with Gasteiger partial charge in [-0.1, -0.05) is 0 Å². The smallest absolute Gasteiger partial charge is 0.262 e. The first-order valence-electron chi connectivity index (χ1n) is 11.0. The maximum absolute atomic E-state index is 12.4. The maximum Gasteiger partial charge on any atom is 0.262 e. The molecule has 1 N–H and O–H groups in total. The maximum atomic E-state index is 12.4. The first-order chi connectivity index (χ1) is 16.1. The lowest BCUT2D eigenvalue weighted by Gasteiger charge is -2.17. The van der Waals surface area contributed by atoms with Gasteiger partial charge in [-0.2, -0.15) is 10.4 Å². The Balaban J connectivity index is 1.41. The molecule has 1 saturated heterocycles. The Labute approximate surface area is 193 Å². The van der Waals surface area contributed by atoms with Crippen molar-refractivity contribution in [1.82, 2.24) is 14.7 Å². The van der Waals surface area contributed by atoms with Gasteiger partial charge in [0.05, 0.1) is 17.3 Å². The van der Waals surface area contributed by atoms with E-state index in [-0.39, 0.29) is 12.5 Å². The second-order valence-corrected chi connectivity index (χ2v) is 7.92. The number of rotatable bonds is 9. The van der Waals surface area contributed by atoms with E-state index in [0.29, 0.717) is 23.6 Å². The second kappa shape index (κ2) is 10.7. The highest BCUT2D eigenvalue weighted by Crippen LogP contribution is 2.32. The lowest BCUT2D eigenvalue weighted by atomic mass is 10.1. The number of ether oxygens (including phenoxy) is 2. The molecular formula is C25H27N5O3. The molecule has 1 fully saturated rings. The molecule has 1 aromatic heterocycles. The monoisotopic (exact) mass is 445 g/mol. The van der Waals surface area contributed by atoms with Crippen molar-refractivity contribution in [2.75, 3.05) is 38.2 Å². The third-order valence-electron chi connectivity index (χ3n) is 5.58. The van der Waals surface area contributed by atoms with Crippen molar-refractivity contribution in [1.29, 1.82) is 5.26 Å². The molecule has 0 bridgehead atoms. The number of anilines is 1. The number of carbonyl (C=O) groups excluding carboxylic acids is 1. The zero-order valence-corrected chi connectivity index (χ0v) is 18.7. The number of likely N-dealkylation sites (tertiary alicyclic amines) is 1. The van der Waals surface area contributed by atoms with E-state index in [9.17, 15) is 4.79 Å². The van der Waals surface area contributed by atoms with Gasteiger partial charge in [0, 0.05) is 31.0 Å². The van der Waals surface area contributed by atoms with Crippen LogP contribution in [0.1, 0.15) is 18.4 Å². The lowest BCUT2D eigenvalue weighted by Crippen LogP contribution is -2.25. The fraction of sp³-hybridized carbons (Fsp3) is 0.320. The Bertz CT molecular complexity index is 1130. The van der Waals surface area contributed by atoms with Crippen molar-refractivity contribution >= 4 is 11.6 Å². The van der Waals surface area contributed by atoms with Gasteiger partial charge in [-0.3, -0.25) is 14.4 Å². The molecule has 2 heterocycles. The highest BCUT2D eigenvalue weighted by molar-refractivity contribution is 5.93. The molecular weight excluding hydrogens is 418 g/mol. The van der Waals surface area contributed by atoms with Gasteiger partial charge in [0.25, 0.3) is 5.91 Å². The predicted molar refractivity (Wildman–Crippen MR) is 125 cm³/mol. The Morgan fingerprint density at radius 2 is 1.91 bits per heavy atom. The van der Waals surface area contributed by atoms with Crippen LogP contribution in [0.4, 0.5) is 5.69 Å². The van der Waals surface area contributed by atoms with Gasteiger partial charge in [0.2, 0.25) is 0 Å². The van der Waals surface area contributed by atoms with Crippen LogP contribution in [0.3, 0.4) is 0 Å². The van der Waals surface area contributed by atoms with E-state index >= 15 is 0 Å². The summed E-state index contributed by atoms with van der Waals surface area (Å²) >= 11 is 0. The van der Waals surface area contributed by atoms with Crippen molar-refractivity contribution in [2.45, 2.75) is 12.8 Å². The molecule has 0 saturated carbocycles. The van der Waals surface area contributed by atoms with E-state index in [0.717, 1.165) is 36.6 Å². The van der Waals surface area contributed by atoms with Gasteiger partial charge in [-0.25, -0.2) is 0 Å². The van der Waals surface area contributed by atoms with Crippen molar-refractivity contribution in [3.05, 3.63) is 60.3 Å². The molecule has 170 valence electrons. The number of nitrogens with one attached hydrogen (secondary N) is 1. The van der Waals surface area contributed by atoms with Crippen LogP contribution >= 0.6 is 0 Å². The Morgan fingerprint density at radius 3 is 2.61 bits per heavy atom. The summed E-state index contributed by atoms with van der Waals surface area (Å²) in [6, 6.07) is 16.2. The van der Waals surface area contributed by atoms with Crippen molar-refractivity contribution < 1.29 is 14.3 Å². The van der Waals surface area contributed by atoms with Crippen LogP contribution in [0.5, 0.6) is 11.5 Å². The summed E-state index contributed by atoms with van der Waals surface area (Å²) < 4.78 is 13.4. The number of hydrogen-bond acceptors (Lipinski definition) is 6. The zero-order valence-electron chi connectivity index (χ0n) is 18.7. The van der Waals surface area contributed by atoms with Crippen LogP contribution in [-0.4, -0.2) is 53.4 Å². The molecule has 1 aliphatic heterocycles. The average molecular weight is 446 g/mol. The number of hydrogen-bond donors (Lipinski definition) is 1. The molecule has 1 amide bonds. The van der Waals surface area contributed by atoms with E-state index in [1.807, 2.05) is 31.3 Å². The van der Waals surface area contributed by atoms with Gasteiger partial charge in [-0.05, 0) is 74.5 Å². The summed E-state index contributed by atoms with van der Waals surface area (Å²) in [5.74, 6) is 1.00. The van der Waals surface area contributed by atoms with Gasteiger partial charge in [0.15, 0.2) is 6.61 Å². The number of aryl methyl sites for hydroxylation is 1. The highest BCUT2D eigenvalue weighted by atomic mass is 16.5. The largest absolute Gasteiger partial charge is 0.492 e. The molecule has 0 unspecified atom stereocenters. The second-order valence-electron chi connectivity index (χ2n) is 7.92. The highest BCUT2D eigenvalue weighted by Gasteiger charge is 2.15. The van der Waals surface area contributed by atoms with Crippen LogP contribution in [0.25, 0.3) is 11.3 Å². The number of amides is 1. The minimum Gasteiger partial charge on any atom is -0.492 e. The van der Waals surface area contributed by atoms with Crippen molar-refractivity contribution in [2.24, 2.45) is 7.05 Å². The summed E-state index contributed by atoms with van der Waals surface area (Å²) in [4.78, 5) is 14.8. The molecule has 8 heteroatoms. The summed E-state index contributed by atoms with van der Waals surface area (Å²) in [7, 11) is 1.88. The van der Waals surface area contributed by atoms with E-state index in [1.54, 1.807) is 35.1 Å². The van der Waals surface area contributed by atoms with Crippen LogP contribution in [0, 0.1) is 11.3 Å². The number of carbonyl (C=O) groups is 1. The molecule has 8 nitrogen and oxygen atoms in total. The third kappa shape index (κ3) is 5.90. The minimum atomic E-state index is -0.280. The van der Waals surface area contributed by atoms with Crippen molar-refractivity contribution in [3.63, 3.8) is 0 Å². The lowest BCUT2D eigenvalue weighted by molar-refractivity contribution is -0.118. The van der Waals surface area contributed by atoms with Crippen LogP contribution in [-0.2, 0) is 11.8 Å². The standard InChI is InChI=1S/C25H27N5O3/c1-29-23(10-11-27-29)22-16-20(6-9-24(22)32-15-14-30-12-2-3-13-30)28-25(31)18-33-21-7-4-19(17-26)5-8-21/h4-11,16H,2-3,12-15,18H2,1H3,(H,28,31). The van der Waals surface area contributed by atoms with Crippen molar-refractivity contribution in [3.8, 4) is 28.8 Å². The van der Waals surface area contributed by atoms with E-state index in [4.69, 9.17) is 14.7 Å². The fourth-order valence-corrected chi connectivity index (χ4v) is 3.83. The number of aromatic nitrogens is 2. The molecule has 2 aromatic carbocycles. The van der Waals surface area contributed by atoms with Gasteiger partial charge in [0.1, 0.15) is 18.1 Å². The summed E-state index contributed by atoms with van der Waals surface area (Å²) in [6.07, 6.45) is 4.24. The normalized spacial score (nSPS) is 13.5. The SMILES string of the molecule is Cn1nccc1-c1cc(NC(=O)COc2ccc(C#N)cc2)ccc1OCCN1CCCC1. The van der Waals surface area contributed by atoms with E-state index < -0.39 is 0 Å². The van der Waals surface area contributed by atoms with Gasteiger partial charge in [-0.15, -0.1) is 0 Å². The Hall–Kier alpha value is -3.83.